The lowest BCUT2D eigenvalue weighted by molar-refractivity contribution is -0.126. The fourth-order valence-corrected chi connectivity index (χ4v) is 3.72. The smallest absolute Gasteiger partial charge is 0.225 e. The van der Waals surface area contributed by atoms with E-state index in [0.717, 1.165) is 19.4 Å². The molecule has 0 unspecified atom stereocenters. The summed E-state index contributed by atoms with van der Waals surface area (Å²) in [5, 5.41) is 6.48. The highest BCUT2D eigenvalue weighted by Gasteiger charge is 2.38. The summed E-state index contributed by atoms with van der Waals surface area (Å²) < 4.78 is 18.5. The zero-order chi connectivity index (χ0) is 17.9. The Morgan fingerprint density at radius 3 is 2.63 bits per heavy atom. The summed E-state index contributed by atoms with van der Waals surface area (Å²) in [5.41, 5.74) is 1.20. The van der Waals surface area contributed by atoms with Gasteiger partial charge in [0.1, 0.15) is 11.9 Å². The Labute approximate surface area is 164 Å². The fraction of sp³-hybridized carbons (Fsp3) is 0.400. The number of carbonyl (C=O) groups excluding carboxylic acids is 1. The summed E-state index contributed by atoms with van der Waals surface area (Å²) in [6.45, 7) is 1.54. The number of nitrogens with one attached hydrogen (secondary N) is 2. The molecule has 7 heteroatoms. The third-order valence-electron chi connectivity index (χ3n) is 5.22. The van der Waals surface area contributed by atoms with E-state index in [1.165, 1.54) is 17.8 Å². The molecule has 1 amide bonds. The number of nitrogens with zero attached hydrogens (tertiary/aromatic N) is 1. The van der Waals surface area contributed by atoms with Crippen molar-refractivity contribution in [3.8, 4) is 5.75 Å². The SMILES string of the molecule is Cl.O=C(NC1CC(Oc2ccc(F)nc2)C1)[C@@H]1CNC[C@H]1c1ccccc1. The summed E-state index contributed by atoms with van der Waals surface area (Å²) in [6.07, 6.45) is 2.95. The molecule has 2 atom stereocenters. The molecule has 2 aliphatic rings. The topological polar surface area (TPSA) is 63.2 Å². The van der Waals surface area contributed by atoms with Crippen molar-refractivity contribution in [2.24, 2.45) is 5.92 Å². The molecule has 2 heterocycles. The second-order valence-corrected chi connectivity index (χ2v) is 7.02. The molecule has 1 saturated carbocycles. The number of ether oxygens (including phenoxy) is 1. The van der Waals surface area contributed by atoms with E-state index in [9.17, 15) is 9.18 Å². The number of halogens is 2. The maximum absolute atomic E-state index is 12.8. The van der Waals surface area contributed by atoms with Gasteiger partial charge in [0.05, 0.1) is 12.1 Å². The van der Waals surface area contributed by atoms with Crippen LogP contribution < -0.4 is 15.4 Å². The minimum Gasteiger partial charge on any atom is -0.489 e. The monoisotopic (exact) mass is 391 g/mol. The lowest BCUT2D eigenvalue weighted by atomic mass is 9.85. The van der Waals surface area contributed by atoms with Gasteiger partial charge in [0.25, 0.3) is 0 Å². The highest BCUT2D eigenvalue weighted by Crippen LogP contribution is 2.30. The van der Waals surface area contributed by atoms with E-state index in [1.807, 2.05) is 18.2 Å². The Hall–Kier alpha value is -2.18. The third-order valence-corrected chi connectivity index (χ3v) is 5.22. The van der Waals surface area contributed by atoms with Crippen LogP contribution in [0.4, 0.5) is 4.39 Å². The van der Waals surface area contributed by atoms with Crippen LogP contribution >= 0.6 is 12.4 Å². The van der Waals surface area contributed by atoms with Gasteiger partial charge in [0.15, 0.2) is 0 Å². The van der Waals surface area contributed by atoms with Crippen LogP contribution in [0.1, 0.15) is 24.3 Å². The molecule has 144 valence electrons. The zero-order valence-electron chi connectivity index (χ0n) is 14.8. The van der Waals surface area contributed by atoms with Gasteiger partial charge in [-0.3, -0.25) is 4.79 Å². The minimum atomic E-state index is -0.519. The summed E-state index contributed by atoms with van der Waals surface area (Å²) >= 11 is 0. The molecule has 0 spiro atoms. The molecule has 0 bridgehead atoms. The Kier molecular flexibility index (Phi) is 6.29. The van der Waals surface area contributed by atoms with E-state index >= 15 is 0 Å². The molecular weight excluding hydrogens is 369 g/mol. The Balaban J connectivity index is 0.00000210. The molecule has 2 N–H and O–H groups in total. The maximum atomic E-state index is 12.8. The van der Waals surface area contributed by atoms with Gasteiger partial charge in [-0.05, 0) is 17.7 Å². The van der Waals surface area contributed by atoms with E-state index in [2.05, 4.69) is 27.8 Å². The lowest BCUT2D eigenvalue weighted by Gasteiger charge is -2.36. The summed E-state index contributed by atoms with van der Waals surface area (Å²) in [6, 6.07) is 13.2. The third kappa shape index (κ3) is 4.57. The number of hydrogen-bond donors (Lipinski definition) is 2. The number of amides is 1. The average molecular weight is 392 g/mol. The van der Waals surface area contributed by atoms with Crippen molar-refractivity contribution in [2.45, 2.75) is 30.9 Å². The first kappa shape index (κ1) is 19.6. The van der Waals surface area contributed by atoms with Crippen molar-refractivity contribution >= 4 is 18.3 Å². The molecule has 1 aliphatic carbocycles. The second kappa shape index (κ2) is 8.67. The van der Waals surface area contributed by atoms with Gasteiger partial charge in [-0.1, -0.05) is 30.3 Å². The fourth-order valence-electron chi connectivity index (χ4n) is 3.72. The number of aromatic nitrogens is 1. The van der Waals surface area contributed by atoms with Crippen LogP contribution in [0.25, 0.3) is 0 Å². The molecule has 1 aromatic carbocycles. The van der Waals surface area contributed by atoms with Crippen molar-refractivity contribution in [1.29, 1.82) is 0 Å². The van der Waals surface area contributed by atoms with Crippen LogP contribution in [0.5, 0.6) is 5.75 Å². The van der Waals surface area contributed by atoms with Crippen molar-refractivity contribution in [1.82, 2.24) is 15.6 Å². The van der Waals surface area contributed by atoms with E-state index in [-0.39, 0.29) is 42.3 Å². The van der Waals surface area contributed by atoms with E-state index in [0.29, 0.717) is 12.3 Å². The molecular formula is C20H23ClFN3O2. The number of pyridine rings is 1. The van der Waals surface area contributed by atoms with Gasteiger partial charge in [-0.25, -0.2) is 4.98 Å². The number of carbonyl (C=O) groups is 1. The Bertz CT molecular complexity index is 754. The molecule has 1 saturated heterocycles. The molecule has 2 fully saturated rings. The molecule has 2 aromatic rings. The Morgan fingerprint density at radius 2 is 1.93 bits per heavy atom. The van der Waals surface area contributed by atoms with Crippen LogP contribution in [-0.4, -0.2) is 36.1 Å². The highest BCUT2D eigenvalue weighted by atomic mass is 35.5. The molecule has 1 aliphatic heterocycles. The van der Waals surface area contributed by atoms with Crippen LogP contribution in [0.3, 0.4) is 0 Å². The molecule has 1 aromatic heterocycles. The van der Waals surface area contributed by atoms with Crippen LogP contribution in [0.2, 0.25) is 0 Å². The summed E-state index contributed by atoms with van der Waals surface area (Å²) in [5.74, 6) is 0.322. The van der Waals surface area contributed by atoms with Gasteiger partial charge >= 0.3 is 0 Å². The largest absolute Gasteiger partial charge is 0.489 e. The average Bonchev–Trinajstić information content (AvgIpc) is 3.12. The van der Waals surface area contributed by atoms with E-state index < -0.39 is 5.95 Å². The van der Waals surface area contributed by atoms with Gasteiger partial charge in [-0.15, -0.1) is 12.4 Å². The molecule has 5 nitrogen and oxygen atoms in total. The number of rotatable bonds is 5. The number of benzene rings is 1. The highest BCUT2D eigenvalue weighted by molar-refractivity contribution is 5.85. The first-order valence-corrected chi connectivity index (χ1v) is 9.03. The summed E-state index contributed by atoms with van der Waals surface area (Å²) in [4.78, 5) is 16.3. The maximum Gasteiger partial charge on any atom is 0.225 e. The van der Waals surface area contributed by atoms with Gasteiger partial charge in [0, 0.05) is 37.9 Å². The van der Waals surface area contributed by atoms with Crippen molar-refractivity contribution in [2.75, 3.05) is 13.1 Å². The second-order valence-electron chi connectivity index (χ2n) is 7.02. The predicted octanol–water partition coefficient (Wildman–Crippen LogP) is 2.67. The van der Waals surface area contributed by atoms with Crippen LogP contribution in [0, 0.1) is 11.9 Å². The van der Waals surface area contributed by atoms with E-state index in [4.69, 9.17) is 4.74 Å². The van der Waals surface area contributed by atoms with Crippen molar-refractivity contribution in [3.63, 3.8) is 0 Å². The number of hydrogen-bond acceptors (Lipinski definition) is 4. The molecule has 0 radical (unpaired) electrons. The Morgan fingerprint density at radius 1 is 1.15 bits per heavy atom. The predicted molar refractivity (Wildman–Crippen MR) is 103 cm³/mol. The standard InChI is InChI=1S/C20H22FN3O2.ClH/c21-19-7-6-15(10-23-19)26-16-8-14(9-16)24-20(25)18-12-22-11-17(18)13-4-2-1-3-5-13;/h1-7,10,14,16-18,22H,8-9,11-12H2,(H,24,25);1H/t14?,16?,17-,18+;/m0./s1. The van der Waals surface area contributed by atoms with Crippen molar-refractivity contribution in [3.05, 3.63) is 60.2 Å². The first-order valence-electron chi connectivity index (χ1n) is 9.03. The normalized spacial score (nSPS) is 26.6. The molecule has 27 heavy (non-hydrogen) atoms. The minimum absolute atomic E-state index is 0. The van der Waals surface area contributed by atoms with E-state index in [1.54, 1.807) is 6.07 Å². The zero-order valence-corrected chi connectivity index (χ0v) is 15.6. The van der Waals surface area contributed by atoms with Gasteiger partial charge < -0.3 is 15.4 Å². The first-order chi connectivity index (χ1) is 12.7. The van der Waals surface area contributed by atoms with Crippen molar-refractivity contribution < 1.29 is 13.9 Å². The van der Waals surface area contributed by atoms with Gasteiger partial charge in [-0.2, -0.15) is 4.39 Å². The van der Waals surface area contributed by atoms with Gasteiger partial charge in [0.2, 0.25) is 11.9 Å². The summed E-state index contributed by atoms with van der Waals surface area (Å²) in [7, 11) is 0. The molecule has 4 rings (SSSR count). The lowest BCUT2D eigenvalue weighted by Crippen LogP contribution is -2.51. The van der Waals surface area contributed by atoms with Crippen LogP contribution in [-0.2, 0) is 4.79 Å². The quantitative estimate of drug-likeness (QED) is 0.769. The van der Waals surface area contributed by atoms with Crippen LogP contribution in [0.15, 0.2) is 48.7 Å².